The number of rotatable bonds is 2. The molecule has 3 unspecified atom stereocenters. The van der Waals surface area contributed by atoms with Crippen LogP contribution in [0.3, 0.4) is 0 Å². The lowest BCUT2D eigenvalue weighted by Crippen LogP contribution is -2.59. The Kier molecular flexibility index (Phi) is 6.30. The van der Waals surface area contributed by atoms with Crippen LogP contribution in [0.25, 0.3) is 0 Å². The Balaban J connectivity index is 0.000000807. The molecule has 1 heterocycles. The van der Waals surface area contributed by atoms with Gasteiger partial charge in [0.25, 0.3) is 0 Å². The van der Waals surface area contributed by atoms with Crippen molar-refractivity contribution in [1.82, 2.24) is 9.80 Å². The van der Waals surface area contributed by atoms with Gasteiger partial charge in [-0.3, -0.25) is 0 Å². The highest BCUT2D eigenvalue weighted by Gasteiger charge is 2.56. The number of piperazine rings is 1. The Morgan fingerprint density at radius 2 is 1.52 bits per heavy atom. The second kappa shape index (κ2) is 7.08. The smallest absolute Gasteiger partial charge is 0.0243 e. The van der Waals surface area contributed by atoms with E-state index < -0.39 is 0 Å². The van der Waals surface area contributed by atoms with Gasteiger partial charge in [0, 0.05) is 37.6 Å². The maximum atomic E-state index is 4.14. The molecule has 0 spiro atoms. The zero-order valence-electron chi connectivity index (χ0n) is 13.0. The van der Waals surface area contributed by atoms with Crippen LogP contribution in [0.5, 0.6) is 0 Å². The summed E-state index contributed by atoms with van der Waals surface area (Å²) >= 11 is 4.14. The number of hydrogen-bond acceptors (Lipinski definition) is 2. The van der Waals surface area contributed by atoms with Crippen LogP contribution >= 0.6 is 49.9 Å². The zero-order chi connectivity index (χ0) is 13.0. The molecular formula is C16H29Br3N2. The summed E-state index contributed by atoms with van der Waals surface area (Å²) in [4.78, 5) is 6.05. The molecule has 0 aromatic heterocycles. The maximum absolute atomic E-state index is 4.14. The number of nitrogens with zero attached hydrogens (tertiary/aromatic N) is 2. The van der Waals surface area contributed by atoms with E-state index in [0.29, 0.717) is 5.41 Å². The van der Waals surface area contributed by atoms with Gasteiger partial charge in [0.1, 0.15) is 0 Å². The summed E-state index contributed by atoms with van der Waals surface area (Å²) in [6.45, 7) is 6.48. The molecule has 5 heteroatoms. The number of likely N-dealkylation sites (N-methyl/N-ethyl adjacent to an activating group) is 1. The molecule has 1 saturated heterocycles. The quantitative estimate of drug-likeness (QED) is 0.542. The Bertz CT molecular complexity index is 343. The molecule has 0 N–H and O–H groups in total. The van der Waals surface area contributed by atoms with Gasteiger partial charge < -0.3 is 9.80 Å². The number of halogens is 3. The van der Waals surface area contributed by atoms with Crippen LogP contribution in [0, 0.1) is 23.2 Å². The van der Waals surface area contributed by atoms with Crippen molar-refractivity contribution in [3.63, 3.8) is 0 Å². The van der Waals surface area contributed by atoms with Crippen molar-refractivity contribution in [2.24, 2.45) is 23.2 Å². The Morgan fingerprint density at radius 1 is 0.952 bits per heavy atom. The summed E-state index contributed by atoms with van der Waals surface area (Å²) in [6.07, 6.45) is 7.64. The molecule has 2 nitrogen and oxygen atoms in total. The van der Waals surface area contributed by atoms with Crippen molar-refractivity contribution in [3.8, 4) is 0 Å². The summed E-state index contributed by atoms with van der Waals surface area (Å²) in [5.74, 6) is 3.14. The van der Waals surface area contributed by atoms with Crippen LogP contribution in [-0.2, 0) is 0 Å². The van der Waals surface area contributed by atoms with E-state index in [0.717, 1.165) is 22.6 Å². The highest BCUT2D eigenvalue weighted by molar-refractivity contribution is 9.09. The van der Waals surface area contributed by atoms with Crippen LogP contribution in [0.1, 0.15) is 32.1 Å². The van der Waals surface area contributed by atoms with Crippen molar-refractivity contribution in [2.45, 2.75) is 36.9 Å². The van der Waals surface area contributed by atoms with Gasteiger partial charge in [-0.2, -0.15) is 0 Å². The topological polar surface area (TPSA) is 6.48 Å². The van der Waals surface area contributed by atoms with E-state index in [-0.39, 0.29) is 34.0 Å². The molecule has 21 heavy (non-hydrogen) atoms. The lowest BCUT2D eigenvalue weighted by Gasteiger charge is -2.61. The molecule has 5 fully saturated rings. The van der Waals surface area contributed by atoms with Crippen LogP contribution in [-0.4, -0.2) is 54.4 Å². The van der Waals surface area contributed by atoms with E-state index in [4.69, 9.17) is 0 Å². The van der Waals surface area contributed by atoms with Crippen molar-refractivity contribution in [2.75, 3.05) is 39.8 Å². The minimum absolute atomic E-state index is 0. The van der Waals surface area contributed by atoms with Crippen molar-refractivity contribution in [1.29, 1.82) is 0 Å². The molecule has 4 bridgehead atoms. The van der Waals surface area contributed by atoms with E-state index >= 15 is 0 Å². The zero-order valence-corrected chi connectivity index (χ0v) is 18.0. The molecule has 1 aliphatic heterocycles. The van der Waals surface area contributed by atoms with E-state index in [2.05, 4.69) is 32.8 Å². The molecule has 0 amide bonds. The fraction of sp³-hybridized carbons (Fsp3) is 1.00. The van der Waals surface area contributed by atoms with E-state index in [1.54, 1.807) is 6.42 Å². The highest BCUT2D eigenvalue weighted by atomic mass is 79.9. The van der Waals surface area contributed by atoms with Crippen molar-refractivity contribution >= 4 is 49.9 Å². The predicted octanol–water partition coefficient (Wildman–Crippen LogP) is 3.98. The second-order valence-electron chi connectivity index (χ2n) is 7.95. The van der Waals surface area contributed by atoms with Crippen LogP contribution < -0.4 is 0 Å². The molecule has 0 radical (unpaired) electrons. The Labute approximate surface area is 159 Å². The molecule has 0 aromatic carbocycles. The average Bonchev–Trinajstić information content (AvgIpc) is 2.38. The van der Waals surface area contributed by atoms with Gasteiger partial charge >= 0.3 is 0 Å². The van der Waals surface area contributed by atoms with Crippen LogP contribution in [0.4, 0.5) is 0 Å². The summed E-state index contributed by atoms with van der Waals surface area (Å²) in [6, 6.07) is 0. The molecular weight excluding hydrogens is 460 g/mol. The highest BCUT2D eigenvalue weighted by Crippen LogP contribution is 2.62. The van der Waals surface area contributed by atoms with Gasteiger partial charge in [0.15, 0.2) is 0 Å². The fourth-order valence-electron chi connectivity index (χ4n) is 5.81. The van der Waals surface area contributed by atoms with Gasteiger partial charge in [0.05, 0.1) is 0 Å². The fourth-order valence-corrected chi connectivity index (χ4v) is 6.76. The second-order valence-corrected chi connectivity index (χ2v) is 8.94. The van der Waals surface area contributed by atoms with Gasteiger partial charge in [0.2, 0.25) is 0 Å². The summed E-state index contributed by atoms with van der Waals surface area (Å²) < 4.78 is 0. The monoisotopic (exact) mass is 486 g/mol. The Hall–Kier alpha value is 1.36. The molecule has 4 saturated carbocycles. The lowest BCUT2D eigenvalue weighted by molar-refractivity contribution is -0.0641. The third-order valence-electron chi connectivity index (χ3n) is 6.46. The number of alkyl halides is 1. The molecule has 5 rings (SSSR count). The normalized spacial score (nSPS) is 46.0. The summed E-state index contributed by atoms with van der Waals surface area (Å²) in [7, 11) is 2.26. The minimum Gasteiger partial charge on any atom is -0.304 e. The van der Waals surface area contributed by atoms with Gasteiger partial charge in [-0.25, -0.2) is 0 Å². The first kappa shape index (κ1) is 18.7. The molecule has 0 aromatic rings. The van der Waals surface area contributed by atoms with Gasteiger partial charge in [-0.1, -0.05) is 15.9 Å². The third-order valence-corrected chi connectivity index (χ3v) is 8.18. The van der Waals surface area contributed by atoms with Crippen molar-refractivity contribution < 1.29 is 0 Å². The molecule has 5 atom stereocenters. The molecule has 5 aliphatic rings. The third kappa shape index (κ3) is 3.42. The first-order chi connectivity index (χ1) is 9.14. The molecule has 124 valence electrons. The van der Waals surface area contributed by atoms with E-state index in [1.165, 1.54) is 58.4 Å². The van der Waals surface area contributed by atoms with Gasteiger partial charge in [-0.15, -0.1) is 34.0 Å². The van der Waals surface area contributed by atoms with E-state index in [1.807, 2.05) is 0 Å². The van der Waals surface area contributed by atoms with Crippen molar-refractivity contribution in [3.05, 3.63) is 0 Å². The van der Waals surface area contributed by atoms with E-state index in [9.17, 15) is 0 Å². The standard InChI is InChI=1S/C16H27BrN2.2BrH/c1-18-2-4-19(5-3-18)11-16-9-12-6-13(10-16)8-14(7-12)15(16)17;;/h12-15H,2-11H2,1H3;2*1H/t12-,13+,14?,15?,16?;;. The SMILES string of the molecule is Br.Br.CN1CCN(CC23C[C@@H]4CC(C[C@@H](C4)C2)C3Br)CC1. The predicted molar refractivity (Wildman–Crippen MR) is 103 cm³/mol. The largest absolute Gasteiger partial charge is 0.304 e. The average molecular weight is 489 g/mol. The number of hydrogen-bond donors (Lipinski definition) is 0. The Morgan fingerprint density at radius 3 is 2.10 bits per heavy atom. The van der Waals surface area contributed by atoms with Crippen LogP contribution in [0.2, 0.25) is 0 Å². The lowest BCUT2D eigenvalue weighted by atomic mass is 9.49. The van der Waals surface area contributed by atoms with Gasteiger partial charge in [-0.05, 0) is 62.3 Å². The maximum Gasteiger partial charge on any atom is 0.0243 e. The minimum atomic E-state index is 0. The first-order valence-corrected chi connectivity index (χ1v) is 9.11. The first-order valence-electron chi connectivity index (χ1n) is 8.20. The van der Waals surface area contributed by atoms with Crippen LogP contribution in [0.15, 0.2) is 0 Å². The summed E-state index contributed by atoms with van der Waals surface area (Å²) in [5.41, 5.74) is 0.630. The summed E-state index contributed by atoms with van der Waals surface area (Å²) in [5, 5.41) is 0. The molecule has 4 aliphatic carbocycles.